The lowest BCUT2D eigenvalue weighted by molar-refractivity contribution is 0.184. The summed E-state index contributed by atoms with van der Waals surface area (Å²) in [6.45, 7) is 8.45. The Morgan fingerprint density at radius 2 is 1.85 bits per heavy atom. The summed E-state index contributed by atoms with van der Waals surface area (Å²) >= 11 is 0. The van der Waals surface area contributed by atoms with E-state index in [4.69, 9.17) is 0 Å². The van der Waals surface area contributed by atoms with Gasteiger partial charge in [-0.25, -0.2) is 0 Å². The number of aliphatic hydroxyl groups is 1. The molecule has 3 nitrogen and oxygen atoms in total. The van der Waals surface area contributed by atoms with Crippen LogP contribution < -0.4 is 0 Å². The van der Waals surface area contributed by atoms with Crippen LogP contribution in [0.4, 0.5) is 0 Å². The van der Waals surface area contributed by atoms with Crippen molar-refractivity contribution < 1.29 is 5.11 Å². The highest BCUT2D eigenvalue weighted by atomic mass is 28.3. The molecule has 0 aliphatic rings. The summed E-state index contributed by atoms with van der Waals surface area (Å²) in [5.74, 6) is 0. The quantitative estimate of drug-likeness (QED) is 0.426. The number of hydrazone groups is 1. The fourth-order valence-corrected chi connectivity index (χ4v) is 2.53. The topological polar surface area (TPSA) is 35.8 Å². The lowest BCUT2D eigenvalue weighted by atomic mass is 10.3. The molecule has 0 heterocycles. The van der Waals surface area contributed by atoms with Crippen LogP contribution in [0.1, 0.15) is 13.3 Å². The standard InChI is InChI=1S/C9H22N2OSi/c1-7-9(12,13(4,5)6)8-10-11(2)3/h8,12H,7H2,1-6H3. The monoisotopic (exact) mass is 202 g/mol. The van der Waals surface area contributed by atoms with Crippen molar-refractivity contribution in [3.63, 3.8) is 0 Å². The van der Waals surface area contributed by atoms with Gasteiger partial charge in [0, 0.05) is 14.1 Å². The van der Waals surface area contributed by atoms with Gasteiger partial charge in [0.2, 0.25) is 0 Å². The van der Waals surface area contributed by atoms with E-state index in [1.54, 1.807) is 11.2 Å². The molecule has 1 unspecified atom stereocenters. The molecular weight excluding hydrogens is 180 g/mol. The molecule has 0 saturated heterocycles. The maximum atomic E-state index is 10.3. The predicted octanol–water partition coefficient (Wildman–Crippen LogP) is 1.55. The first-order valence-electron chi connectivity index (χ1n) is 4.68. The van der Waals surface area contributed by atoms with Crippen LogP contribution in [0.2, 0.25) is 19.6 Å². The maximum Gasteiger partial charge on any atom is 0.0898 e. The minimum atomic E-state index is -1.60. The van der Waals surface area contributed by atoms with E-state index in [0.29, 0.717) is 0 Å². The molecule has 0 aromatic rings. The van der Waals surface area contributed by atoms with Gasteiger partial charge in [0.25, 0.3) is 0 Å². The first-order valence-corrected chi connectivity index (χ1v) is 8.18. The van der Waals surface area contributed by atoms with Gasteiger partial charge in [0.15, 0.2) is 0 Å². The zero-order chi connectivity index (χ0) is 10.7. The highest BCUT2D eigenvalue weighted by Crippen LogP contribution is 2.22. The lowest BCUT2D eigenvalue weighted by Crippen LogP contribution is -2.53. The van der Waals surface area contributed by atoms with Crippen molar-refractivity contribution in [2.75, 3.05) is 14.1 Å². The lowest BCUT2D eigenvalue weighted by Gasteiger charge is -2.34. The summed E-state index contributed by atoms with van der Waals surface area (Å²) in [5.41, 5.74) is 0. The van der Waals surface area contributed by atoms with Crippen LogP contribution in [0.5, 0.6) is 0 Å². The van der Waals surface area contributed by atoms with Crippen molar-refractivity contribution in [2.45, 2.75) is 38.2 Å². The second-order valence-corrected chi connectivity index (χ2v) is 9.99. The SMILES string of the molecule is CCC(O)(C=NN(C)C)[Si](C)(C)C. The first-order chi connectivity index (χ1) is 5.73. The van der Waals surface area contributed by atoms with Gasteiger partial charge in [-0.1, -0.05) is 26.6 Å². The summed E-state index contributed by atoms with van der Waals surface area (Å²) in [5, 5.41) is 15.4. The van der Waals surface area contributed by atoms with E-state index >= 15 is 0 Å². The molecule has 1 atom stereocenters. The van der Waals surface area contributed by atoms with Gasteiger partial charge < -0.3 is 10.1 Å². The summed E-state index contributed by atoms with van der Waals surface area (Å²) in [6.07, 6.45) is 2.43. The van der Waals surface area contributed by atoms with Crippen molar-refractivity contribution in [2.24, 2.45) is 5.10 Å². The van der Waals surface area contributed by atoms with E-state index in [1.165, 1.54) is 0 Å². The van der Waals surface area contributed by atoms with E-state index in [1.807, 2.05) is 21.0 Å². The number of rotatable bonds is 4. The van der Waals surface area contributed by atoms with Gasteiger partial charge in [-0.2, -0.15) is 5.10 Å². The van der Waals surface area contributed by atoms with Crippen LogP contribution in [0.3, 0.4) is 0 Å². The average molecular weight is 202 g/mol. The zero-order valence-electron chi connectivity index (χ0n) is 9.63. The van der Waals surface area contributed by atoms with Crippen LogP contribution in [0.25, 0.3) is 0 Å². The molecule has 0 bridgehead atoms. The molecule has 78 valence electrons. The second-order valence-electron chi connectivity index (χ2n) is 4.62. The molecule has 0 fully saturated rings. The van der Waals surface area contributed by atoms with Crippen molar-refractivity contribution >= 4 is 14.3 Å². The molecule has 0 rings (SSSR count). The van der Waals surface area contributed by atoms with E-state index < -0.39 is 13.3 Å². The molecule has 1 N–H and O–H groups in total. The van der Waals surface area contributed by atoms with E-state index in [0.717, 1.165) is 6.42 Å². The summed E-state index contributed by atoms with van der Waals surface area (Å²) in [4.78, 5) is 0. The Morgan fingerprint density at radius 3 is 2.08 bits per heavy atom. The molecule has 13 heavy (non-hydrogen) atoms. The summed E-state index contributed by atoms with van der Waals surface area (Å²) in [6, 6.07) is 0. The first kappa shape index (κ1) is 12.6. The molecule has 0 aliphatic heterocycles. The Hall–Kier alpha value is -0.353. The van der Waals surface area contributed by atoms with E-state index in [2.05, 4.69) is 24.7 Å². The van der Waals surface area contributed by atoms with Crippen molar-refractivity contribution in [3.05, 3.63) is 0 Å². The molecule has 0 radical (unpaired) electrons. The highest BCUT2D eigenvalue weighted by molar-refractivity contribution is 6.81. The normalized spacial score (nSPS) is 17.5. The molecule has 0 amide bonds. The Bertz CT molecular complexity index is 187. The van der Waals surface area contributed by atoms with E-state index in [9.17, 15) is 5.11 Å². The molecule has 0 aromatic carbocycles. The van der Waals surface area contributed by atoms with Gasteiger partial charge in [-0.05, 0) is 6.42 Å². The van der Waals surface area contributed by atoms with Crippen LogP contribution in [0, 0.1) is 0 Å². The fourth-order valence-electron chi connectivity index (χ4n) is 1.03. The minimum absolute atomic E-state index is 0.683. The summed E-state index contributed by atoms with van der Waals surface area (Å²) < 4.78 is 0. The highest BCUT2D eigenvalue weighted by Gasteiger charge is 2.38. The van der Waals surface area contributed by atoms with Gasteiger partial charge in [0.05, 0.1) is 19.5 Å². The fraction of sp³-hybridized carbons (Fsp3) is 0.889. The number of hydrogen-bond donors (Lipinski definition) is 1. The summed E-state index contributed by atoms with van der Waals surface area (Å²) in [7, 11) is 2.12. The van der Waals surface area contributed by atoms with Gasteiger partial charge in [-0.3, -0.25) is 0 Å². The minimum Gasteiger partial charge on any atom is -0.388 e. The van der Waals surface area contributed by atoms with Crippen molar-refractivity contribution in [1.82, 2.24) is 5.01 Å². The van der Waals surface area contributed by atoms with Crippen LogP contribution >= 0.6 is 0 Å². The Balaban J connectivity index is 4.66. The van der Waals surface area contributed by atoms with Gasteiger partial charge in [-0.15, -0.1) is 0 Å². The second kappa shape index (κ2) is 4.24. The molecule has 0 spiro atoms. The van der Waals surface area contributed by atoms with Crippen LogP contribution in [-0.2, 0) is 0 Å². The van der Waals surface area contributed by atoms with Gasteiger partial charge in [0.1, 0.15) is 0 Å². The van der Waals surface area contributed by atoms with E-state index in [-0.39, 0.29) is 0 Å². The third-order valence-electron chi connectivity index (χ3n) is 2.34. The number of nitrogens with zero attached hydrogens (tertiary/aromatic N) is 2. The van der Waals surface area contributed by atoms with Crippen molar-refractivity contribution in [1.29, 1.82) is 0 Å². The number of hydrogen-bond acceptors (Lipinski definition) is 3. The molecular formula is C9H22N2OSi. The molecule has 0 aromatic heterocycles. The van der Waals surface area contributed by atoms with Crippen molar-refractivity contribution in [3.8, 4) is 0 Å². The van der Waals surface area contributed by atoms with Gasteiger partial charge >= 0.3 is 0 Å². The zero-order valence-corrected chi connectivity index (χ0v) is 10.6. The van der Waals surface area contributed by atoms with Crippen LogP contribution in [-0.4, -0.2) is 43.7 Å². The smallest absolute Gasteiger partial charge is 0.0898 e. The third kappa shape index (κ3) is 3.48. The molecule has 0 saturated carbocycles. The predicted molar refractivity (Wildman–Crippen MR) is 60.8 cm³/mol. The molecule has 0 aliphatic carbocycles. The third-order valence-corrected chi connectivity index (χ3v) is 5.42. The van der Waals surface area contributed by atoms with Crippen LogP contribution in [0.15, 0.2) is 5.10 Å². The maximum absolute atomic E-state index is 10.3. The Morgan fingerprint density at radius 1 is 1.38 bits per heavy atom. The average Bonchev–Trinajstić information content (AvgIpc) is 1.98. The molecule has 4 heteroatoms. The Labute approximate surface area is 82.5 Å². The Kier molecular flexibility index (Phi) is 4.12. The largest absolute Gasteiger partial charge is 0.388 e.